The van der Waals surface area contributed by atoms with Gasteiger partial charge in [-0.2, -0.15) is 0 Å². The van der Waals surface area contributed by atoms with Crippen molar-refractivity contribution in [3.63, 3.8) is 0 Å². The summed E-state index contributed by atoms with van der Waals surface area (Å²) >= 11 is 0. The highest BCUT2D eigenvalue weighted by molar-refractivity contribution is 6.08. The molecule has 4 nitrogen and oxygen atoms in total. The van der Waals surface area contributed by atoms with Crippen LogP contribution in [0, 0.1) is 11.3 Å². The Morgan fingerprint density at radius 1 is 1.12 bits per heavy atom. The first-order chi connectivity index (χ1) is 11.7. The lowest BCUT2D eigenvalue weighted by molar-refractivity contribution is 0.294. The molecular formula is C20H22N2O2. The topological polar surface area (TPSA) is 34.1 Å². The van der Waals surface area contributed by atoms with Gasteiger partial charge in [0.2, 0.25) is 0 Å². The van der Waals surface area contributed by atoms with Gasteiger partial charge in [-0.15, -0.1) is 0 Å². The number of allylic oxidation sites excluding steroid dienone is 5. The van der Waals surface area contributed by atoms with Crippen LogP contribution < -0.4 is 9.64 Å². The molecule has 2 aliphatic heterocycles. The van der Waals surface area contributed by atoms with Crippen molar-refractivity contribution in [2.24, 2.45) is 16.3 Å². The number of methoxy groups -OCH3 is 2. The van der Waals surface area contributed by atoms with E-state index in [4.69, 9.17) is 14.5 Å². The van der Waals surface area contributed by atoms with Crippen molar-refractivity contribution >= 4 is 11.4 Å². The van der Waals surface area contributed by atoms with E-state index in [1.54, 1.807) is 14.2 Å². The van der Waals surface area contributed by atoms with Gasteiger partial charge in [-0.1, -0.05) is 13.0 Å². The van der Waals surface area contributed by atoms with Gasteiger partial charge in [0.15, 0.2) is 0 Å². The highest BCUT2D eigenvalue weighted by Gasteiger charge is 2.53. The molecule has 1 fully saturated rings. The zero-order chi connectivity index (χ0) is 16.7. The zero-order valence-electron chi connectivity index (χ0n) is 14.3. The van der Waals surface area contributed by atoms with Gasteiger partial charge in [0.25, 0.3) is 0 Å². The van der Waals surface area contributed by atoms with Crippen molar-refractivity contribution in [1.82, 2.24) is 0 Å². The van der Waals surface area contributed by atoms with E-state index >= 15 is 0 Å². The van der Waals surface area contributed by atoms with E-state index in [9.17, 15) is 0 Å². The molecule has 0 radical (unpaired) electrons. The van der Waals surface area contributed by atoms with Crippen LogP contribution in [0.2, 0.25) is 0 Å². The number of rotatable bonds is 3. The molecular weight excluding hydrogens is 300 g/mol. The van der Waals surface area contributed by atoms with E-state index in [0.717, 1.165) is 30.2 Å². The predicted molar refractivity (Wildman–Crippen MR) is 96.3 cm³/mol. The lowest BCUT2D eigenvalue weighted by atomic mass is 9.66. The van der Waals surface area contributed by atoms with Crippen LogP contribution in [0.4, 0.5) is 5.69 Å². The van der Waals surface area contributed by atoms with Crippen molar-refractivity contribution in [3.8, 4) is 5.75 Å². The third-order valence-electron chi connectivity index (χ3n) is 5.49. The van der Waals surface area contributed by atoms with Crippen molar-refractivity contribution in [2.75, 3.05) is 25.7 Å². The number of aliphatic imine (C=N–C) groups is 1. The van der Waals surface area contributed by atoms with Gasteiger partial charge < -0.3 is 14.4 Å². The molecule has 2 heterocycles. The Hall–Kier alpha value is -2.49. The molecule has 1 aromatic rings. The average molecular weight is 322 g/mol. The lowest BCUT2D eigenvalue weighted by Crippen LogP contribution is -2.42. The molecule has 0 amide bonds. The maximum Gasteiger partial charge on any atom is 0.141 e. The fourth-order valence-corrected chi connectivity index (χ4v) is 4.17. The van der Waals surface area contributed by atoms with Crippen LogP contribution in [-0.4, -0.2) is 26.5 Å². The Kier molecular flexibility index (Phi) is 3.48. The number of anilines is 1. The summed E-state index contributed by atoms with van der Waals surface area (Å²) in [7, 11) is 3.42. The minimum atomic E-state index is -0.0885. The SMILES string of the molecule is COC1=CC=C2N(c3ccc(OC)cc3)CCC23C1=NC=CC3C. The molecule has 0 aromatic heterocycles. The number of ether oxygens (including phenoxy) is 2. The highest BCUT2D eigenvalue weighted by Crippen LogP contribution is 2.53. The molecule has 2 unspecified atom stereocenters. The van der Waals surface area contributed by atoms with Gasteiger partial charge in [0.1, 0.15) is 11.5 Å². The summed E-state index contributed by atoms with van der Waals surface area (Å²) in [5, 5.41) is 0. The van der Waals surface area contributed by atoms with Crippen LogP contribution in [-0.2, 0) is 4.74 Å². The lowest BCUT2D eigenvalue weighted by Gasteiger charge is -2.41. The summed E-state index contributed by atoms with van der Waals surface area (Å²) in [5.41, 5.74) is 3.47. The predicted octanol–water partition coefficient (Wildman–Crippen LogP) is 3.92. The Morgan fingerprint density at radius 2 is 1.92 bits per heavy atom. The largest absolute Gasteiger partial charge is 0.497 e. The van der Waals surface area contributed by atoms with E-state index in [1.807, 2.05) is 24.4 Å². The standard InChI is InChI=1S/C20H22N2O2/c1-14-10-12-21-19-17(24-3)8-9-18-20(14,19)11-13-22(18)15-4-6-16(23-2)7-5-15/h4-10,12,14H,11,13H2,1-3H3. The summed E-state index contributed by atoms with van der Waals surface area (Å²) in [6.07, 6.45) is 9.39. The molecule has 2 atom stereocenters. The summed E-state index contributed by atoms with van der Waals surface area (Å²) in [4.78, 5) is 7.09. The molecule has 1 aliphatic carbocycles. The normalized spacial score (nSPS) is 27.7. The first-order valence-corrected chi connectivity index (χ1v) is 8.34. The fourth-order valence-electron chi connectivity index (χ4n) is 4.17. The molecule has 0 bridgehead atoms. The van der Waals surface area contributed by atoms with Crippen molar-refractivity contribution in [1.29, 1.82) is 0 Å². The Labute approximate surface area is 142 Å². The second-order valence-electron chi connectivity index (χ2n) is 6.47. The second kappa shape index (κ2) is 5.55. The van der Waals surface area contributed by atoms with Crippen LogP contribution in [0.3, 0.4) is 0 Å². The van der Waals surface area contributed by atoms with Gasteiger partial charge >= 0.3 is 0 Å². The summed E-state index contributed by atoms with van der Waals surface area (Å²) < 4.78 is 10.9. The molecule has 4 rings (SSSR count). The molecule has 0 saturated carbocycles. The molecule has 24 heavy (non-hydrogen) atoms. The quantitative estimate of drug-likeness (QED) is 0.846. The summed E-state index contributed by atoms with van der Waals surface area (Å²) in [6, 6.07) is 8.27. The maximum absolute atomic E-state index is 5.60. The molecule has 1 aromatic carbocycles. The molecule has 1 spiro atoms. The number of hydrogen-bond donors (Lipinski definition) is 0. The van der Waals surface area contributed by atoms with E-state index in [0.29, 0.717) is 5.92 Å². The third-order valence-corrected chi connectivity index (χ3v) is 5.49. The molecule has 0 N–H and O–H groups in total. The zero-order valence-corrected chi connectivity index (χ0v) is 14.3. The van der Waals surface area contributed by atoms with Crippen LogP contribution in [0.15, 0.2) is 65.1 Å². The van der Waals surface area contributed by atoms with E-state index in [-0.39, 0.29) is 5.41 Å². The summed E-state index contributed by atoms with van der Waals surface area (Å²) in [5.74, 6) is 2.15. The van der Waals surface area contributed by atoms with Crippen LogP contribution in [0.5, 0.6) is 5.75 Å². The Balaban J connectivity index is 1.79. The van der Waals surface area contributed by atoms with Gasteiger partial charge in [0.05, 0.1) is 25.3 Å². The highest BCUT2D eigenvalue weighted by atomic mass is 16.5. The van der Waals surface area contributed by atoms with Crippen LogP contribution >= 0.6 is 0 Å². The average Bonchev–Trinajstić information content (AvgIpc) is 3.02. The summed E-state index contributed by atoms with van der Waals surface area (Å²) in [6.45, 7) is 3.25. The molecule has 1 saturated heterocycles. The molecule has 3 aliphatic rings. The molecule has 4 heteroatoms. The minimum Gasteiger partial charge on any atom is -0.497 e. The second-order valence-corrected chi connectivity index (χ2v) is 6.47. The number of benzene rings is 1. The first-order valence-electron chi connectivity index (χ1n) is 8.34. The van der Waals surface area contributed by atoms with E-state index in [1.165, 1.54) is 11.4 Å². The van der Waals surface area contributed by atoms with Crippen LogP contribution in [0.1, 0.15) is 13.3 Å². The number of hydrogen-bond acceptors (Lipinski definition) is 4. The van der Waals surface area contributed by atoms with Gasteiger partial charge in [0, 0.05) is 24.1 Å². The van der Waals surface area contributed by atoms with Crippen molar-refractivity contribution < 1.29 is 9.47 Å². The molecule has 124 valence electrons. The monoisotopic (exact) mass is 322 g/mol. The number of nitrogens with zero attached hydrogens (tertiary/aromatic N) is 2. The maximum atomic E-state index is 5.60. The van der Waals surface area contributed by atoms with Gasteiger partial charge in [-0.25, -0.2) is 0 Å². The minimum absolute atomic E-state index is 0.0885. The van der Waals surface area contributed by atoms with E-state index < -0.39 is 0 Å². The smallest absolute Gasteiger partial charge is 0.141 e. The first kappa shape index (κ1) is 15.1. The van der Waals surface area contributed by atoms with Crippen LogP contribution in [0.25, 0.3) is 0 Å². The third kappa shape index (κ3) is 1.95. The fraction of sp³-hybridized carbons (Fsp3) is 0.350. The van der Waals surface area contributed by atoms with Gasteiger partial charge in [-0.3, -0.25) is 4.99 Å². The van der Waals surface area contributed by atoms with Gasteiger partial charge in [-0.05, 0) is 48.8 Å². The van der Waals surface area contributed by atoms with Crippen molar-refractivity contribution in [3.05, 3.63) is 60.1 Å². The van der Waals surface area contributed by atoms with E-state index in [2.05, 4.69) is 36.1 Å². The Morgan fingerprint density at radius 3 is 2.62 bits per heavy atom. The van der Waals surface area contributed by atoms with Crippen molar-refractivity contribution in [2.45, 2.75) is 13.3 Å². The Bertz CT molecular complexity index is 773.